The summed E-state index contributed by atoms with van der Waals surface area (Å²) in [5.74, 6) is -0.0628. The Morgan fingerprint density at radius 2 is 1.71 bits per heavy atom. The van der Waals surface area contributed by atoms with Gasteiger partial charge in [0.15, 0.2) is 11.9 Å². The molecule has 8 heteroatoms. The smallest absolute Gasteiger partial charge is 0.344 e. The van der Waals surface area contributed by atoms with E-state index in [0.717, 1.165) is 28.8 Å². The number of carbonyl (C=O) groups excluding carboxylic acids is 1. The molecular formula is C33H39NO7. The number of carboxylic acid groups (broad SMARTS) is 1. The highest BCUT2D eigenvalue weighted by Gasteiger charge is 2.18. The molecule has 2 N–H and O–H groups in total. The van der Waals surface area contributed by atoms with E-state index in [1.807, 2.05) is 56.3 Å². The molecule has 1 atom stereocenters. The number of oxime groups is 1. The van der Waals surface area contributed by atoms with E-state index in [9.17, 15) is 19.8 Å². The van der Waals surface area contributed by atoms with Crippen LogP contribution in [-0.4, -0.2) is 47.0 Å². The molecule has 3 aromatic rings. The van der Waals surface area contributed by atoms with Crippen LogP contribution in [0.2, 0.25) is 0 Å². The minimum atomic E-state index is -0.984. The lowest BCUT2D eigenvalue weighted by atomic mass is 10.0. The molecule has 218 valence electrons. The summed E-state index contributed by atoms with van der Waals surface area (Å²) in [6, 6.07) is 18.8. The number of benzene rings is 3. The number of phenolic OH excluding ortho intramolecular Hbond substituents is 1. The Balaban J connectivity index is 1.64. The summed E-state index contributed by atoms with van der Waals surface area (Å²) in [7, 11) is 0. The van der Waals surface area contributed by atoms with Crippen LogP contribution < -0.4 is 9.47 Å². The molecule has 0 fully saturated rings. The molecule has 0 saturated carbocycles. The van der Waals surface area contributed by atoms with Crippen molar-refractivity contribution in [2.24, 2.45) is 5.16 Å². The Bertz CT molecular complexity index is 1350. The van der Waals surface area contributed by atoms with Gasteiger partial charge in [0.2, 0.25) is 0 Å². The van der Waals surface area contributed by atoms with Gasteiger partial charge >= 0.3 is 5.97 Å². The summed E-state index contributed by atoms with van der Waals surface area (Å²) in [5, 5.41) is 24.3. The molecule has 0 bridgehead atoms. The third kappa shape index (κ3) is 8.83. The molecule has 0 saturated heterocycles. The van der Waals surface area contributed by atoms with Crippen LogP contribution in [0.25, 0.3) is 0 Å². The molecule has 3 aromatic carbocycles. The van der Waals surface area contributed by atoms with Crippen LogP contribution >= 0.6 is 0 Å². The van der Waals surface area contributed by atoms with E-state index < -0.39 is 12.1 Å². The maximum atomic E-state index is 11.8. The van der Waals surface area contributed by atoms with Crippen LogP contribution in [0, 0.1) is 6.92 Å². The van der Waals surface area contributed by atoms with E-state index in [-0.39, 0.29) is 11.5 Å². The lowest BCUT2D eigenvalue weighted by molar-refractivity contribution is -0.145. The van der Waals surface area contributed by atoms with E-state index in [2.05, 4.69) is 5.16 Å². The Labute approximate surface area is 241 Å². The SMILES string of the molecule is CCCc1c(OCCCON=C(Cc2ccc(OC(CC)C(=O)O)c(C)c2)c2ccccc2)ccc(C(C)=O)c1O. The van der Waals surface area contributed by atoms with Gasteiger partial charge < -0.3 is 24.5 Å². The van der Waals surface area contributed by atoms with Crippen molar-refractivity contribution in [3.8, 4) is 17.2 Å². The summed E-state index contributed by atoms with van der Waals surface area (Å²) in [4.78, 5) is 28.8. The number of aliphatic carboxylic acids is 1. The Morgan fingerprint density at radius 3 is 2.34 bits per heavy atom. The maximum Gasteiger partial charge on any atom is 0.344 e. The number of rotatable bonds is 16. The fraction of sp³-hybridized carbons (Fsp3) is 0.364. The highest BCUT2D eigenvalue weighted by atomic mass is 16.6. The van der Waals surface area contributed by atoms with E-state index >= 15 is 0 Å². The van der Waals surface area contributed by atoms with Gasteiger partial charge in [-0.15, -0.1) is 0 Å². The molecule has 0 amide bonds. The first-order valence-electron chi connectivity index (χ1n) is 14.0. The van der Waals surface area contributed by atoms with E-state index in [1.54, 1.807) is 25.1 Å². The summed E-state index contributed by atoms with van der Waals surface area (Å²) in [6.45, 7) is 7.80. The average molecular weight is 562 g/mol. The van der Waals surface area contributed by atoms with Crippen LogP contribution in [0.15, 0.2) is 65.8 Å². The zero-order chi connectivity index (χ0) is 29.8. The van der Waals surface area contributed by atoms with Gasteiger partial charge in [-0.25, -0.2) is 4.79 Å². The number of carbonyl (C=O) groups is 2. The first-order valence-corrected chi connectivity index (χ1v) is 14.0. The zero-order valence-corrected chi connectivity index (χ0v) is 24.2. The summed E-state index contributed by atoms with van der Waals surface area (Å²) in [6.07, 6.45) is 1.98. The molecule has 41 heavy (non-hydrogen) atoms. The molecule has 0 aliphatic carbocycles. The number of carboxylic acids is 1. The fourth-order valence-electron chi connectivity index (χ4n) is 4.38. The van der Waals surface area contributed by atoms with Crippen LogP contribution in [0.1, 0.15) is 72.6 Å². The number of hydrogen-bond donors (Lipinski definition) is 2. The first kappa shape index (κ1) is 31.2. The molecule has 0 aliphatic rings. The number of ketones is 1. The van der Waals surface area contributed by atoms with Crippen molar-refractivity contribution in [2.75, 3.05) is 13.2 Å². The summed E-state index contributed by atoms with van der Waals surface area (Å²) < 4.78 is 11.6. The van der Waals surface area contributed by atoms with Crippen LogP contribution in [0.3, 0.4) is 0 Å². The van der Waals surface area contributed by atoms with Gasteiger partial charge in [-0.2, -0.15) is 0 Å². The first-order chi connectivity index (χ1) is 19.7. The van der Waals surface area contributed by atoms with E-state index in [4.69, 9.17) is 14.3 Å². The van der Waals surface area contributed by atoms with Crippen LogP contribution in [-0.2, 0) is 22.5 Å². The highest BCUT2D eigenvalue weighted by Crippen LogP contribution is 2.33. The third-order valence-corrected chi connectivity index (χ3v) is 6.56. The quantitative estimate of drug-likeness (QED) is 0.0884. The minimum absolute atomic E-state index is 0.00731. The van der Waals surface area contributed by atoms with Crippen molar-refractivity contribution >= 4 is 17.5 Å². The molecule has 3 rings (SSSR count). The molecule has 0 heterocycles. The van der Waals surface area contributed by atoms with Gasteiger partial charge in [-0.05, 0) is 61.6 Å². The molecule has 8 nitrogen and oxygen atoms in total. The lowest BCUT2D eigenvalue weighted by Crippen LogP contribution is -2.26. The number of Topliss-reactive ketones (excluding diaryl/α,β-unsaturated/α-hetero) is 1. The number of aryl methyl sites for hydroxylation is 1. The van der Waals surface area contributed by atoms with Crippen molar-refractivity contribution in [2.45, 2.75) is 65.9 Å². The van der Waals surface area contributed by atoms with Gasteiger partial charge in [0, 0.05) is 18.4 Å². The summed E-state index contributed by atoms with van der Waals surface area (Å²) >= 11 is 0. The van der Waals surface area contributed by atoms with Crippen molar-refractivity contribution in [3.63, 3.8) is 0 Å². The largest absolute Gasteiger partial charge is 0.507 e. The van der Waals surface area contributed by atoms with Crippen molar-refractivity contribution in [1.82, 2.24) is 0 Å². The number of aromatic hydroxyl groups is 1. The lowest BCUT2D eigenvalue weighted by Gasteiger charge is -2.16. The van der Waals surface area contributed by atoms with Gasteiger partial charge in [0.1, 0.15) is 23.9 Å². The normalized spacial score (nSPS) is 12.0. The third-order valence-electron chi connectivity index (χ3n) is 6.56. The Kier molecular flexibility index (Phi) is 11.8. The molecule has 1 unspecified atom stereocenters. The molecule has 0 radical (unpaired) electrons. The van der Waals surface area contributed by atoms with Crippen molar-refractivity contribution in [1.29, 1.82) is 0 Å². The van der Waals surface area contributed by atoms with Gasteiger partial charge in [-0.1, -0.05) is 67.9 Å². The average Bonchev–Trinajstić information content (AvgIpc) is 2.95. The number of hydrogen-bond acceptors (Lipinski definition) is 7. The molecule has 0 aromatic heterocycles. The predicted octanol–water partition coefficient (Wildman–Crippen LogP) is 6.53. The topological polar surface area (TPSA) is 115 Å². The second kappa shape index (κ2) is 15.5. The monoisotopic (exact) mass is 561 g/mol. The highest BCUT2D eigenvalue weighted by molar-refractivity contribution is 6.01. The predicted molar refractivity (Wildman–Crippen MR) is 158 cm³/mol. The Hall–Kier alpha value is -4.33. The van der Waals surface area contributed by atoms with Gasteiger partial charge in [0.05, 0.1) is 17.9 Å². The maximum absolute atomic E-state index is 11.8. The Morgan fingerprint density at radius 1 is 0.976 bits per heavy atom. The minimum Gasteiger partial charge on any atom is -0.507 e. The fourth-order valence-corrected chi connectivity index (χ4v) is 4.38. The molecular weight excluding hydrogens is 522 g/mol. The van der Waals surface area contributed by atoms with Crippen LogP contribution in [0.5, 0.6) is 17.2 Å². The van der Waals surface area contributed by atoms with Crippen molar-refractivity contribution in [3.05, 3.63) is 88.5 Å². The number of ether oxygens (including phenoxy) is 2. The van der Waals surface area contributed by atoms with Gasteiger partial charge in [0.25, 0.3) is 0 Å². The van der Waals surface area contributed by atoms with Crippen molar-refractivity contribution < 1.29 is 34.1 Å². The standard InChI is InChI=1S/C33H39NO7/c1-5-11-27-31(17-15-26(23(4)35)32(27)36)39-18-10-19-40-34-28(25-12-8-7-9-13-25)21-24-14-16-30(22(3)20-24)41-29(6-2)33(37)38/h7-9,12-17,20,29,36H,5-6,10-11,18-19,21H2,1-4H3,(H,37,38). The number of nitrogens with zero attached hydrogens (tertiary/aromatic N) is 1. The van der Waals surface area contributed by atoms with E-state index in [1.165, 1.54) is 6.92 Å². The van der Waals surface area contributed by atoms with Crippen LogP contribution in [0.4, 0.5) is 0 Å². The molecule has 0 aliphatic heterocycles. The summed E-state index contributed by atoms with van der Waals surface area (Å²) in [5.41, 5.74) is 4.47. The van der Waals surface area contributed by atoms with E-state index in [0.29, 0.717) is 61.5 Å². The zero-order valence-electron chi connectivity index (χ0n) is 24.2. The molecule has 0 spiro atoms. The number of phenols is 1. The van der Waals surface area contributed by atoms with Gasteiger partial charge in [-0.3, -0.25) is 4.79 Å². The second-order valence-electron chi connectivity index (χ2n) is 9.81. The second-order valence-corrected chi connectivity index (χ2v) is 9.81.